The Morgan fingerprint density at radius 3 is 2.93 bits per heavy atom. The van der Waals surface area contributed by atoms with Gasteiger partial charge in [-0.25, -0.2) is 4.39 Å². The molecule has 1 aliphatic rings. The van der Waals surface area contributed by atoms with E-state index in [4.69, 9.17) is 4.74 Å². The summed E-state index contributed by atoms with van der Waals surface area (Å²) < 4.78 is 18.7. The maximum atomic E-state index is 13.6. The Hall–Kier alpha value is -0.740. The van der Waals surface area contributed by atoms with Gasteiger partial charge in [-0.3, -0.25) is 0 Å². The first-order valence-electron chi connectivity index (χ1n) is 4.80. The molecular weight excluding hydrogens is 215 g/mol. The maximum Gasteiger partial charge on any atom is 0.129 e. The topological polar surface area (TPSA) is 29.5 Å². The molecule has 2 unspecified atom stereocenters. The van der Waals surface area contributed by atoms with Crippen molar-refractivity contribution >= 4 is 11.8 Å². The molecular formula is C11H13FO2S. The van der Waals surface area contributed by atoms with Crippen LogP contribution in [0.2, 0.25) is 0 Å². The predicted octanol–water partition coefficient (Wildman–Crippen LogP) is 2.50. The van der Waals surface area contributed by atoms with Gasteiger partial charge in [-0.1, -0.05) is 6.92 Å². The number of halogens is 1. The summed E-state index contributed by atoms with van der Waals surface area (Å²) in [6, 6.07) is 2.96. The largest absolute Gasteiger partial charge is 0.496 e. The minimum absolute atomic E-state index is 0.0270. The van der Waals surface area contributed by atoms with Gasteiger partial charge in [-0.2, -0.15) is 11.8 Å². The third kappa shape index (κ3) is 1.72. The van der Waals surface area contributed by atoms with Gasteiger partial charge in [0.25, 0.3) is 0 Å². The standard InChI is InChI=1S/C11H13FO2S/c1-6-11(13)10-7(5-15-6)9(14-2)4-3-8(10)12/h3-4,6,11,13H,5H2,1-2H3. The fourth-order valence-electron chi connectivity index (χ4n) is 1.82. The molecule has 1 N–H and O–H groups in total. The second-order valence-electron chi connectivity index (χ2n) is 3.60. The molecule has 0 fully saturated rings. The van der Waals surface area contributed by atoms with Gasteiger partial charge in [0.2, 0.25) is 0 Å². The first-order chi connectivity index (χ1) is 7.15. The third-order valence-electron chi connectivity index (χ3n) is 2.71. The molecule has 0 amide bonds. The van der Waals surface area contributed by atoms with Crippen LogP contribution in [0, 0.1) is 5.82 Å². The number of rotatable bonds is 1. The quantitative estimate of drug-likeness (QED) is 0.800. The van der Waals surface area contributed by atoms with E-state index < -0.39 is 6.10 Å². The van der Waals surface area contributed by atoms with Gasteiger partial charge in [0.1, 0.15) is 11.6 Å². The number of fused-ring (bicyclic) bond motifs is 1. The van der Waals surface area contributed by atoms with Crippen molar-refractivity contribution in [3.05, 3.63) is 29.1 Å². The van der Waals surface area contributed by atoms with Gasteiger partial charge < -0.3 is 9.84 Å². The Bertz CT molecular complexity index is 381. The molecule has 1 aromatic carbocycles. The molecule has 82 valence electrons. The molecule has 15 heavy (non-hydrogen) atoms. The number of methoxy groups -OCH3 is 1. The first kappa shape index (κ1) is 10.8. The van der Waals surface area contributed by atoms with Crippen LogP contribution in [0.4, 0.5) is 4.39 Å². The number of aliphatic hydroxyl groups excluding tert-OH is 1. The highest BCUT2D eigenvalue weighted by Gasteiger charge is 2.30. The molecule has 0 spiro atoms. The lowest BCUT2D eigenvalue weighted by Gasteiger charge is -2.28. The molecule has 1 heterocycles. The highest BCUT2D eigenvalue weighted by molar-refractivity contribution is 7.99. The Morgan fingerprint density at radius 1 is 1.53 bits per heavy atom. The lowest BCUT2D eigenvalue weighted by Crippen LogP contribution is -2.20. The van der Waals surface area contributed by atoms with Crippen LogP contribution < -0.4 is 4.74 Å². The Balaban J connectivity index is 2.56. The van der Waals surface area contributed by atoms with E-state index in [1.807, 2.05) is 6.92 Å². The summed E-state index contributed by atoms with van der Waals surface area (Å²) in [5, 5.41) is 9.94. The molecule has 2 atom stereocenters. The van der Waals surface area contributed by atoms with Crippen molar-refractivity contribution in [2.75, 3.05) is 7.11 Å². The van der Waals surface area contributed by atoms with Crippen molar-refractivity contribution in [3.63, 3.8) is 0 Å². The highest BCUT2D eigenvalue weighted by Crippen LogP contribution is 2.42. The molecule has 0 aromatic heterocycles. The Morgan fingerprint density at radius 2 is 2.27 bits per heavy atom. The summed E-state index contributed by atoms with van der Waals surface area (Å²) in [5.74, 6) is 1.00. The van der Waals surface area contributed by atoms with E-state index in [9.17, 15) is 9.50 Å². The molecule has 2 nitrogen and oxygen atoms in total. The Labute approximate surface area is 92.4 Å². The van der Waals surface area contributed by atoms with Crippen LogP contribution in [0.15, 0.2) is 12.1 Å². The van der Waals surface area contributed by atoms with E-state index in [1.54, 1.807) is 24.9 Å². The second-order valence-corrected chi connectivity index (χ2v) is 4.97. The van der Waals surface area contributed by atoms with Gasteiger partial charge in [0.05, 0.1) is 13.2 Å². The van der Waals surface area contributed by atoms with Gasteiger partial charge in [-0.05, 0) is 12.1 Å². The molecule has 0 saturated heterocycles. The van der Waals surface area contributed by atoms with E-state index in [1.165, 1.54) is 6.07 Å². The van der Waals surface area contributed by atoms with Crippen LogP contribution in [-0.4, -0.2) is 17.5 Å². The maximum absolute atomic E-state index is 13.6. The fourth-order valence-corrected chi connectivity index (χ4v) is 2.86. The molecule has 1 aliphatic heterocycles. The zero-order valence-electron chi connectivity index (χ0n) is 8.66. The van der Waals surface area contributed by atoms with Gasteiger partial charge in [-0.15, -0.1) is 0 Å². The SMILES string of the molecule is COc1ccc(F)c2c1CSC(C)C2O. The number of ether oxygens (including phenoxy) is 1. The monoisotopic (exact) mass is 228 g/mol. The average Bonchev–Trinajstić information content (AvgIpc) is 2.24. The first-order valence-corrected chi connectivity index (χ1v) is 5.85. The average molecular weight is 228 g/mol. The molecule has 0 bridgehead atoms. The zero-order chi connectivity index (χ0) is 11.0. The second kappa shape index (κ2) is 4.02. The summed E-state index contributed by atoms with van der Waals surface area (Å²) in [7, 11) is 1.56. The third-order valence-corrected chi connectivity index (χ3v) is 3.95. The molecule has 2 rings (SSSR count). The molecule has 1 aromatic rings. The van der Waals surface area contributed by atoms with Crippen molar-refractivity contribution in [1.29, 1.82) is 0 Å². The molecule has 4 heteroatoms. The fraction of sp³-hybridized carbons (Fsp3) is 0.455. The smallest absolute Gasteiger partial charge is 0.129 e. The van der Waals surface area contributed by atoms with Crippen LogP contribution in [-0.2, 0) is 5.75 Å². The minimum Gasteiger partial charge on any atom is -0.496 e. The highest BCUT2D eigenvalue weighted by atomic mass is 32.2. The van der Waals surface area contributed by atoms with Crippen molar-refractivity contribution in [3.8, 4) is 5.75 Å². The summed E-state index contributed by atoms with van der Waals surface area (Å²) in [4.78, 5) is 0. The molecule has 0 aliphatic carbocycles. The van der Waals surface area contributed by atoms with Gasteiger partial charge >= 0.3 is 0 Å². The van der Waals surface area contributed by atoms with Crippen molar-refractivity contribution in [2.45, 2.75) is 24.0 Å². The van der Waals surface area contributed by atoms with Crippen molar-refractivity contribution in [1.82, 2.24) is 0 Å². The van der Waals surface area contributed by atoms with E-state index in [0.717, 1.165) is 5.56 Å². The van der Waals surface area contributed by atoms with E-state index >= 15 is 0 Å². The van der Waals surface area contributed by atoms with Crippen LogP contribution in [0.25, 0.3) is 0 Å². The van der Waals surface area contributed by atoms with Crippen LogP contribution in [0.5, 0.6) is 5.75 Å². The van der Waals surface area contributed by atoms with Gasteiger partial charge in [0.15, 0.2) is 0 Å². The summed E-state index contributed by atoms with van der Waals surface area (Å²) in [5.41, 5.74) is 1.19. The number of hydrogen-bond acceptors (Lipinski definition) is 3. The zero-order valence-corrected chi connectivity index (χ0v) is 9.47. The van der Waals surface area contributed by atoms with Crippen molar-refractivity contribution < 1.29 is 14.2 Å². The van der Waals surface area contributed by atoms with Crippen LogP contribution >= 0.6 is 11.8 Å². The number of thioether (sulfide) groups is 1. The number of aliphatic hydroxyl groups is 1. The lowest BCUT2D eigenvalue weighted by atomic mass is 9.99. The lowest BCUT2D eigenvalue weighted by molar-refractivity contribution is 0.171. The van der Waals surface area contributed by atoms with Crippen molar-refractivity contribution in [2.24, 2.45) is 0 Å². The number of hydrogen-bond donors (Lipinski definition) is 1. The molecule has 0 radical (unpaired) electrons. The van der Waals surface area contributed by atoms with Crippen LogP contribution in [0.1, 0.15) is 24.2 Å². The van der Waals surface area contributed by atoms with Gasteiger partial charge in [0, 0.05) is 22.1 Å². The van der Waals surface area contributed by atoms with E-state index in [0.29, 0.717) is 17.1 Å². The van der Waals surface area contributed by atoms with Crippen LogP contribution in [0.3, 0.4) is 0 Å². The van der Waals surface area contributed by atoms with E-state index in [-0.39, 0.29) is 11.1 Å². The molecule has 0 saturated carbocycles. The summed E-state index contributed by atoms with van der Waals surface area (Å²) in [6.07, 6.45) is -0.742. The summed E-state index contributed by atoms with van der Waals surface area (Å²) >= 11 is 1.61. The summed E-state index contributed by atoms with van der Waals surface area (Å²) in [6.45, 7) is 1.90. The minimum atomic E-state index is -0.742. The number of benzene rings is 1. The predicted molar refractivity (Wildman–Crippen MR) is 58.7 cm³/mol. The normalized spacial score (nSPS) is 24.8. The Kier molecular flexibility index (Phi) is 2.89. The van der Waals surface area contributed by atoms with E-state index in [2.05, 4.69) is 0 Å².